The van der Waals surface area contributed by atoms with Gasteiger partial charge < -0.3 is 20.1 Å². The predicted octanol–water partition coefficient (Wildman–Crippen LogP) is 1.01. The van der Waals surface area contributed by atoms with Crippen LogP contribution in [0.15, 0.2) is 18.2 Å². The number of benzene rings is 1. The molecule has 0 radical (unpaired) electrons. The molecule has 1 aromatic carbocycles. The highest BCUT2D eigenvalue weighted by Gasteiger charge is 2.19. The van der Waals surface area contributed by atoms with Crippen LogP contribution < -0.4 is 0 Å². The summed E-state index contributed by atoms with van der Waals surface area (Å²) in [7, 11) is 0. The van der Waals surface area contributed by atoms with E-state index in [1.165, 1.54) is 0 Å². The van der Waals surface area contributed by atoms with Crippen LogP contribution in [0.3, 0.4) is 0 Å². The van der Waals surface area contributed by atoms with Crippen molar-refractivity contribution >= 4 is 17.9 Å². The van der Waals surface area contributed by atoms with Gasteiger partial charge in [0.25, 0.3) is 0 Å². The van der Waals surface area contributed by atoms with E-state index < -0.39 is 23.5 Å². The van der Waals surface area contributed by atoms with Gasteiger partial charge in [0.05, 0.1) is 23.3 Å². The minimum atomic E-state index is -1.41. The summed E-state index contributed by atoms with van der Waals surface area (Å²) in [5.41, 5.74) is -0.845. The third-order valence-electron chi connectivity index (χ3n) is 2.50. The van der Waals surface area contributed by atoms with Crippen LogP contribution in [-0.4, -0.2) is 46.4 Å². The molecular formula is C13H14O7. The van der Waals surface area contributed by atoms with E-state index in [-0.39, 0.29) is 24.3 Å². The molecule has 0 aliphatic carbocycles. The van der Waals surface area contributed by atoms with Gasteiger partial charge in [-0.05, 0) is 31.0 Å². The van der Waals surface area contributed by atoms with Gasteiger partial charge in [-0.1, -0.05) is 0 Å². The van der Waals surface area contributed by atoms with E-state index in [0.717, 1.165) is 18.2 Å². The van der Waals surface area contributed by atoms with Gasteiger partial charge in [0, 0.05) is 6.61 Å². The van der Waals surface area contributed by atoms with Crippen LogP contribution in [0.2, 0.25) is 0 Å². The number of hydrogen-bond acceptors (Lipinski definition) is 5. The first-order valence-corrected chi connectivity index (χ1v) is 5.86. The third-order valence-corrected chi connectivity index (χ3v) is 2.50. The summed E-state index contributed by atoms with van der Waals surface area (Å²) >= 11 is 0. The summed E-state index contributed by atoms with van der Waals surface area (Å²) in [4.78, 5) is 33.5. The van der Waals surface area contributed by atoms with E-state index in [2.05, 4.69) is 0 Å². The summed E-state index contributed by atoms with van der Waals surface area (Å²) < 4.78 is 4.86. The Kier molecular flexibility index (Phi) is 5.67. The zero-order valence-electron chi connectivity index (χ0n) is 10.5. The van der Waals surface area contributed by atoms with Gasteiger partial charge in [-0.25, -0.2) is 14.4 Å². The number of ether oxygens (including phenoxy) is 1. The van der Waals surface area contributed by atoms with Crippen molar-refractivity contribution in [2.75, 3.05) is 13.2 Å². The van der Waals surface area contributed by atoms with Crippen molar-refractivity contribution in [3.63, 3.8) is 0 Å². The highest BCUT2D eigenvalue weighted by atomic mass is 16.5. The summed E-state index contributed by atoms with van der Waals surface area (Å²) in [6.07, 6.45) is 0.925. The fourth-order valence-electron chi connectivity index (χ4n) is 1.49. The Morgan fingerprint density at radius 2 is 1.70 bits per heavy atom. The quantitative estimate of drug-likeness (QED) is 0.504. The Labute approximate surface area is 114 Å². The zero-order valence-corrected chi connectivity index (χ0v) is 10.5. The van der Waals surface area contributed by atoms with Crippen LogP contribution in [0.1, 0.15) is 43.9 Å². The fraction of sp³-hybridized carbons (Fsp3) is 0.308. The molecule has 0 heterocycles. The molecule has 0 bridgehead atoms. The molecule has 0 saturated heterocycles. The lowest BCUT2D eigenvalue weighted by molar-refractivity contribution is 0.0482. The maximum atomic E-state index is 11.7. The molecule has 0 atom stereocenters. The summed E-state index contributed by atoms with van der Waals surface area (Å²) in [6.45, 7) is 0.0321. The molecule has 0 amide bonds. The molecule has 0 aromatic heterocycles. The van der Waals surface area contributed by atoms with Crippen LogP contribution in [-0.2, 0) is 4.74 Å². The summed E-state index contributed by atoms with van der Waals surface area (Å²) in [5.74, 6) is -3.52. The minimum absolute atomic E-state index is 0.0226. The number of carbonyl (C=O) groups is 3. The SMILES string of the molecule is O=C(O)c1ccc(C(=O)OCCCCO)c(C(=O)O)c1. The summed E-state index contributed by atoms with van der Waals surface area (Å²) in [5, 5.41) is 26.4. The van der Waals surface area contributed by atoms with Gasteiger partial charge in [-0.3, -0.25) is 0 Å². The number of carbonyl (C=O) groups excluding carboxylic acids is 1. The average molecular weight is 282 g/mol. The van der Waals surface area contributed by atoms with E-state index >= 15 is 0 Å². The van der Waals surface area contributed by atoms with Crippen molar-refractivity contribution in [3.8, 4) is 0 Å². The lowest BCUT2D eigenvalue weighted by Crippen LogP contribution is -2.14. The van der Waals surface area contributed by atoms with Gasteiger partial charge >= 0.3 is 17.9 Å². The largest absolute Gasteiger partial charge is 0.478 e. The van der Waals surface area contributed by atoms with E-state index in [4.69, 9.17) is 20.1 Å². The number of aromatic carboxylic acids is 2. The number of unbranched alkanes of at least 4 members (excludes halogenated alkanes) is 1. The van der Waals surface area contributed by atoms with Gasteiger partial charge in [0.1, 0.15) is 0 Å². The number of rotatable bonds is 7. The average Bonchev–Trinajstić information content (AvgIpc) is 2.42. The Bertz CT molecular complexity index is 521. The third kappa shape index (κ3) is 4.06. The summed E-state index contributed by atoms with van der Waals surface area (Å²) in [6, 6.07) is 3.16. The number of aliphatic hydroxyl groups excluding tert-OH is 1. The van der Waals surface area contributed by atoms with Crippen LogP contribution >= 0.6 is 0 Å². The van der Waals surface area contributed by atoms with Gasteiger partial charge in [0.2, 0.25) is 0 Å². The first-order valence-electron chi connectivity index (χ1n) is 5.86. The Hall–Kier alpha value is -2.41. The highest BCUT2D eigenvalue weighted by molar-refractivity contribution is 6.04. The van der Waals surface area contributed by atoms with Gasteiger partial charge in [0.15, 0.2) is 0 Å². The van der Waals surface area contributed by atoms with Crippen molar-refractivity contribution in [2.45, 2.75) is 12.8 Å². The van der Waals surface area contributed by atoms with E-state index in [1.807, 2.05) is 0 Å². The maximum absolute atomic E-state index is 11.7. The molecule has 0 saturated carbocycles. The van der Waals surface area contributed by atoms with Crippen LogP contribution in [0.25, 0.3) is 0 Å². The molecule has 0 fully saturated rings. The molecule has 0 spiro atoms. The molecular weight excluding hydrogens is 268 g/mol. The van der Waals surface area contributed by atoms with E-state index in [9.17, 15) is 14.4 Å². The van der Waals surface area contributed by atoms with Crippen LogP contribution in [0.5, 0.6) is 0 Å². The second kappa shape index (κ2) is 7.25. The Balaban J connectivity index is 2.90. The Morgan fingerprint density at radius 3 is 2.25 bits per heavy atom. The second-order valence-corrected chi connectivity index (χ2v) is 3.94. The number of esters is 1. The molecule has 0 aliphatic rings. The van der Waals surface area contributed by atoms with Gasteiger partial charge in [-0.2, -0.15) is 0 Å². The second-order valence-electron chi connectivity index (χ2n) is 3.94. The van der Waals surface area contributed by atoms with Crippen molar-refractivity contribution in [1.82, 2.24) is 0 Å². The number of hydrogen-bond donors (Lipinski definition) is 3. The molecule has 7 nitrogen and oxygen atoms in total. The molecule has 20 heavy (non-hydrogen) atoms. The number of carboxylic acids is 2. The Morgan fingerprint density at radius 1 is 1.00 bits per heavy atom. The lowest BCUT2D eigenvalue weighted by atomic mass is 10.0. The molecule has 1 rings (SSSR count). The molecule has 0 aliphatic heterocycles. The van der Waals surface area contributed by atoms with Crippen molar-refractivity contribution in [1.29, 1.82) is 0 Å². The minimum Gasteiger partial charge on any atom is -0.478 e. The molecule has 7 heteroatoms. The predicted molar refractivity (Wildman–Crippen MR) is 67.0 cm³/mol. The monoisotopic (exact) mass is 282 g/mol. The molecule has 3 N–H and O–H groups in total. The first kappa shape index (κ1) is 15.6. The fourth-order valence-corrected chi connectivity index (χ4v) is 1.49. The van der Waals surface area contributed by atoms with Gasteiger partial charge in [-0.15, -0.1) is 0 Å². The van der Waals surface area contributed by atoms with Crippen molar-refractivity contribution in [2.24, 2.45) is 0 Å². The van der Waals surface area contributed by atoms with Crippen molar-refractivity contribution < 1.29 is 34.4 Å². The van der Waals surface area contributed by atoms with E-state index in [0.29, 0.717) is 12.8 Å². The molecule has 0 unspecified atom stereocenters. The zero-order chi connectivity index (χ0) is 15.1. The van der Waals surface area contributed by atoms with Crippen LogP contribution in [0.4, 0.5) is 0 Å². The van der Waals surface area contributed by atoms with Crippen molar-refractivity contribution in [3.05, 3.63) is 34.9 Å². The highest BCUT2D eigenvalue weighted by Crippen LogP contribution is 2.14. The lowest BCUT2D eigenvalue weighted by Gasteiger charge is -2.07. The topological polar surface area (TPSA) is 121 Å². The van der Waals surface area contributed by atoms with E-state index in [1.54, 1.807) is 0 Å². The maximum Gasteiger partial charge on any atom is 0.339 e. The number of carboxylic acid groups (broad SMARTS) is 2. The van der Waals surface area contributed by atoms with Crippen LogP contribution in [0, 0.1) is 0 Å². The normalized spacial score (nSPS) is 10.1. The standard InChI is InChI=1S/C13H14O7/c14-5-1-2-6-20-13(19)9-4-3-8(11(15)16)7-10(9)12(17)18/h3-4,7,14H,1-2,5-6H2,(H,15,16)(H,17,18). The molecule has 1 aromatic rings. The number of aliphatic hydroxyl groups is 1. The molecule has 108 valence electrons. The smallest absolute Gasteiger partial charge is 0.339 e. The first-order chi connectivity index (χ1) is 9.47.